The molecule has 0 radical (unpaired) electrons. The van der Waals surface area contributed by atoms with Gasteiger partial charge in [0, 0.05) is 5.56 Å². The van der Waals surface area contributed by atoms with Crippen LogP contribution in [0.4, 0.5) is 0 Å². The lowest BCUT2D eigenvalue weighted by atomic mass is 10.1. The molecule has 1 heterocycles. The van der Waals surface area contributed by atoms with Crippen LogP contribution in [-0.2, 0) is 0 Å². The molecule has 0 spiro atoms. The van der Waals surface area contributed by atoms with Gasteiger partial charge in [-0.15, -0.1) is 0 Å². The van der Waals surface area contributed by atoms with Crippen molar-refractivity contribution in [3.63, 3.8) is 0 Å². The molecule has 0 N–H and O–H groups in total. The highest BCUT2D eigenvalue weighted by atomic mass is 16.4. The van der Waals surface area contributed by atoms with E-state index in [-0.39, 0.29) is 5.63 Å². The van der Waals surface area contributed by atoms with Gasteiger partial charge < -0.3 is 4.42 Å². The number of hydrogen-bond donors (Lipinski definition) is 0. The largest absolute Gasteiger partial charge is 0.422 e. The summed E-state index contributed by atoms with van der Waals surface area (Å²) in [6.45, 7) is 0. The summed E-state index contributed by atoms with van der Waals surface area (Å²) in [7, 11) is 0. The molecule has 0 saturated heterocycles. The molecule has 2 heteroatoms. The molecule has 5 rings (SSSR count). The Labute approximate surface area is 156 Å². The third-order valence-electron chi connectivity index (χ3n) is 4.91. The second-order valence-corrected chi connectivity index (χ2v) is 6.60. The highest BCUT2D eigenvalue weighted by molar-refractivity contribution is 6.02. The van der Waals surface area contributed by atoms with Gasteiger partial charge in [-0.05, 0) is 39.8 Å². The zero-order chi connectivity index (χ0) is 18.2. The molecular formula is C25H16O2. The molecule has 2 aliphatic rings. The normalized spacial score (nSPS) is 11.1. The summed E-state index contributed by atoms with van der Waals surface area (Å²) < 4.78 is 5.63. The van der Waals surface area contributed by atoms with Crippen LogP contribution in [0.1, 0.15) is 0 Å². The molecule has 0 bridgehead atoms. The highest BCUT2D eigenvalue weighted by Gasteiger charge is 2.15. The van der Waals surface area contributed by atoms with Gasteiger partial charge in [-0.25, -0.2) is 4.79 Å². The summed E-state index contributed by atoms with van der Waals surface area (Å²) >= 11 is 0. The Morgan fingerprint density at radius 2 is 1.15 bits per heavy atom. The minimum atomic E-state index is -0.297. The Morgan fingerprint density at radius 3 is 1.89 bits per heavy atom. The molecule has 0 amide bonds. The number of fused-ring (bicyclic) bond motifs is 3. The van der Waals surface area contributed by atoms with Crippen molar-refractivity contribution in [1.82, 2.24) is 0 Å². The van der Waals surface area contributed by atoms with Crippen LogP contribution in [0.5, 0.6) is 0 Å². The molecule has 3 aromatic rings. The lowest BCUT2D eigenvalue weighted by Crippen LogP contribution is -1.99. The maximum absolute atomic E-state index is 12.7. The summed E-state index contributed by atoms with van der Waals surface area (Å²) in [6, 6.07) is 32.2. The quantitative estimate of drug-likeness (QED) is 0.378. The highest BCUT2D eigenvalue weighted by Crippen LogP contribution is 2.34. The van der Waals surface area contributed by atoms with Gasteiger partial charge >= 0.3 is 5.63 Å². The third-order valence-corrected chi connectivity index (χ3v) is 4.91. The monoisotopic (exact) mass is 348 g/mol. The first-order valence-electron chi connectivity index (χ1n) is 8.91. The van der Waals surface area contributed by atoms with E-state index in [4.69, 9.17) is 4.42 Å². The summed E-state index contributed by atoms with van der Waals surface area (Å²) in [4.78, 5) is 12.7. The van der Waals surface area contributed by atoms with Crippen LogP contribution in [0.15, 0.2) is 106 Å². The number of rotatable bonds is 2. The SMILES string of the molecule is O=c1oc(-c2ccccc2)cc2cc3ccc(-c4ccccc4)ccc-3c12. The van der Waals surface area contributed by atoms with Crippen LogP contribution in [0.25, 0.3) is 44.3 Å². The van der Waals surface area contributed by atoms with Crippen molar-refractivity contribution in [3.05, 3.63) is 107 Å². The van der Waals surface area contributed by atoms with Gasteiger partial charge in [-0.1, -0.05) is 84.9 Å². The van der Waals surface area contributed by atoms with Crippen LogP contribution in [0.2, 0.25) is 0 Å². The van der Waals surface area contributed by atoms with Gasteiger partial charge in [0.1, 0.15) is 5.76 Å². The van der Waals surface area contributed by atoms with Gasteiger partial charge in [-0.2, -0.15) is 0 Å². The van der Waals surface area contributed by atoms with Crippen LogP contribution in [0, 0.1) is 0 Å². The van der Waals surface area contributed by atoms with Crippen molar-refractivity contribution < 1.29 is 4.42 Å². The molecule has 128 valence electrons. The Kier molecular flexibility index (Phi) is 3.61. The van der Waals surface area contributed by atoms with Gasteiger partial charge in [0.05, 0.1) is 5.39 Å². The molecule has 2 nitrogen and oxygen atoms in total. The fraction of sp³-hybridized carbons (Fsp3) is 0. The van der Waals surface area contributed by atoms with E-state index >= 15 is 0 Å². The van der Waals surface area contributed by atoms with E-state index in [0.717, 1.165) is 33.2 Å². The molecule has 0 atom stereocenters. The van der Waals surface area contributed by atoms with E-state index in [9.17, 15) is 4.79 Å². The van der Waals surface area contributed by atoms with Gasteiger partial charge in [0.15, 0.2) is 0 Å². The molecule has 0 fully saturated rings. The summed E-state index contributed by atoms with van der Waals surface area (Å²) in [5.41, 5.74) is 4.82. The first-order chi connectivity index (χ1) is 13.3. The second kappa shape index (κ2) is 6.26. The fourth-order valence-corrected chi connectivity index (χ4v) is 3.57. The van der Waals surface area contributed by atoms with Crippen molar-refractivity contribution in [2.24, 2.45) is 0 Å². The Balaban J connectivity index is 1.71. The Morgan fingerprint density at radius 1 is 0.556 bits per heavy atom. The van der Waals surface area contributed by atoms with Crippen LogP contribution < -0.4 is 5.63 Å². The van der Waals surface area contributed by atoms with E-state index in [1.54, 1.807) is 0 Å². The first-order valence-corrected chi connectivity index (χ1v) is 8.91. The molecule has 2 aromatic carbocycles. The zero-order valence-corrected chi connectivity index (χ0v) is 14.6. The van der Waals surface area contributed by atoms with Crippen LogP contribution in [-0.4, -0.2) is 0 Å². The van der Waals surface area contributed by atoms with Crippen molar-refractivity contribution in [1.29, 1.82) is 0 Å². The molecule has 0 unspecified atom stereocenters. The Bertz CT molecular complexity index is 1270. The maximum Gasteiger partial charge on any atom is 0.344 e. The van der Waals surface area contributed by atoms with Crippen molar-refractivity contribution in [3.8, 4) is 33.6 Å². The average molecular weight is 348 g/mol. The predicted octanol–water partition coefficient (Wildman–Crippen LogP) is 6.23. The maximum atomic E-state index is 12.7. The Hall–Kier alpha value is -3.65. The molecule has 0 saturated carbocycles. The summed E-state index contributed by atoms with van der Waals surface area (Å²) in [5.74, 6) is 0.595. The minimum Gasteiger partial charge on any atom is -0.422 e. The minimum absolute atomic E-state index is 0.297. The van der Waals surface area contributed by atoms with Crippen molar-refractivity contribution in [2.75, 3.05) is 0 Å². The van der Waals surface area contributed by atoms with E-state index in [1.165, 1.54) is 0 Å². The molecule has 0 aliphatic heterocycles. The average Bonchev–Trinajstić information content (AvgIpc) is 2.95. The first kappa shape index (κ1) is 15.6. The lowest BCUT2D eigenvalue weighted by Gasteiger charge is -2.00. The van der Waals surface area contributed by atoms with E-state index < -0.39 is 0 Å². The predicted molar refractivity (Wildman–Crippen MR) is 110 cm³/mol. The van der Waals surface area contributed by atoms with Gasteiger partial charge in [0.25, 0.3) is 0 Å². The van der Waals surface area contributed by atoms with Gasteiger partial charge in [0.2, 0.25) is 0 Å². The zero-order valence-electron chi connectivity index (χ0n) is 14.6. The molecule has 27 heavy (non-hydrogen) atoms. The topological polar surface area (TPSA) is 30.2 Å². The van der Waals surface area contributed by atoms with E-state index in [2.05, 4.69) is 36.4 Å². The van der Waals surface area contributed by atoms with E-state index in [1.807, 2.05) is 60.7 Å². The van der Waals surface area contributed by atoms with Crippen LogP contribution in [0.3, 0.4) is 0 Å². The molecule has 1 aromatic heterocycles. The lowest BCUT2D eigenvalue weighted by molar-refractivity contribution is 0.535. The summed E-state index contributed by atoms with van der Waals surface area (Å²) in [5, 5.41) is 1.55. The van der Waals surface area contributed by atoms with E-state index in [0.29, 0.717) is 11.1 Å². The fourth-order valence-electron chi connectivity index (χ4n) is 3.57. The standard InChI is InChI=1S/C25H16O2/c26-25-24-21(16-23(27-25)19-9-5-2-6-10-19)15-20-12-11-18(13-14-22(20)24)17-7-3-1-4-8-17/h1-16H. The second-order valence-electron chi connectivity index (χ2n) is 6.60. The molecular weight excluding hydrogens is 332 g/mol. The van der Waals surface area contributed by atoms with Crippen molar-refractivity contribution in [2.45, 2.75) is 0 Å². The third kappa shape index (κ3) is 2.72. The smallest absolute Gasteiger partial charge is 0.344 e. The summed E-state index contributed by atoms with van der Waals surface area (Å²) in [6.07, 6.45) is 0. The molecule has 2 aliphatic carbocycles. The van der Waals surface area contributed by atoms with Crippen molar-refractivity contribution >= 4 is 10.8 Å². The van der Waals surface area contributed by atoms with Crippen LogP contribution >= 0.6 is 0 Å². The number of benzene rings is 2. The van der Waals surface area contributed by atoms with Gasteiger partial charge in [-0.3, -0.25) is 0 Å². The number of hydrogen-bond acceptors (Lipinski definition) is 2.